The molecule has 0 fully saturated rings. The Morgan fingerprint density at radius 1 is 0.297 bits per heavy atom. The molecule has 0 aliphatic rings. The van der Waals surface area contributed by atoms with Gasteiger partial charge in [-0.2, -0.15) is 0 Å². The van der Waals surface area contributed by atoms with E-state index in [4.69, 9.17) is 0 Å². The van der Waals surface area contributed by atoms with Gasteiger partial charge in [0, 0.05) is 0 Å². The molecule has 0 atom stereocenters. The number of phenolic OH excluding ortho intramolecular Hbond substituents is 3. The van der Waals surface area contributed by atoms with E-state index in [2.05, 4.69) is 54.6 Å². The van der Waals surface area contributed by atoms with Crippen LogP contribution in [0.15, 0.2) is 115 Å². The first-order valence-electron chi connectivity index (χ1n) is 12.5. The molecule has 0 aromatic heterocycles. The van der Waals surface area contributed by atoms with Gasteiger partial charge in [-0.1, -0.05) is 78.9 Å². The molecule has 0 saturated heterocycles. The first-order valence-corrected chi connectivity index (χ1v) is 12.5. The predicted molar refractivity (Wildman–Crippen MR) is 148 cm³/mol. The van der Waals surface area contributed by atoms with Crippen molar-refractivity contribution < 1.29 is 15.3 Å². The van der Waals surface area contributed by atoms with Crippen LogP contribution in [0.3, 0.4) is 0 Å². The summed E-state index contributed by atoms with van der Waals surface area (Å²) in [6.45, 7) is 0. The predicted octanol–water partition coefficient (Wildman–Crippen LogP) is 7.17. The Morgan fingerprint density at radius 2 is 0.622 bits per heavy atom. The minimum absolute atomic E-state index is 0.286. The normalized spacial score (nSPS) is 10.9. The van der Waals surface area contributed by atoms with Crippen molar-refractivity contribution in [1.29, 1.82) is 0 Å². The lowest BCUT2D eigenvalue weighted by Gasteiger charge is -2.10. The summed E-state index contributed by atoms with van der Waals surface area (Å²) >= 11 is 0. The van der Waals surface area contributed by atoms with Gasteiger partial charge in [-0.25, -0.2) is 0 Å². The van der Waals surface area contributed by atoms with Gasteiger partial charge in [-0.15, -0.1) is 0 Å². The molecule has 0 spiro atoms. The standard InChI is InChI=1S/C34H30O3/c35-32-5-1-3-28(20-32)15-24-7-11-26(12-8-24)17-30-19-31(23-34(37)22-30)18-27-13-9-25(10-14-27)16-29-4-2-6-33(36)21-29/h1-14,19-23,35-37H,15-18H2. The number of hydrogen-bond donors (Lipinski definition) is 3. The highest BCUT2D eigenvalue weighted by molar-refractivity contribution is 5.41. The summed E-state index contributed by atoms with van der Waals surface area (Å²) in [6, 6.07) is 37.6. The molecule has 0 aliphatic carbocycles. The van der Waals surface area contributed by atoms with Gasteiger partial charge in [-0.3, -0.25) is 0 Å². The zero-order valence-corrected chi connectivity index (χ0v) is 20.6. The highest BCUT2D eigenvalue weighted by Crippen LogP contribution is 2.23. The van der Waals surface area contributed by atoms with Gasteiger partial charge in [-0.05, 0) is 107 Å². The minimum atomic E-state index is 0.286. The third kappa shape index (κ3) is 6.80. The lowest BCUT2D eigenvalue weighted by Crippen LogP contribution is -1.95. The third-order valence-corrected chi connectivity index (χ3v) is 6.54. The fourth-order valence-electron chi connectivity index (χ4n) is 4.77. The molecule has 3 heteroatoms. The molecule has 0 bridgehead atoms. The summed E-state index contributed by atoms with van der Waals surface area (Å²) in [5.41, 5.74) is 9.08. The summed E-state index contributed by atoms with van der Waals surface area (Å²) in [5.74, 6) is 0.865. The van der Waals surface area contributed by atoms with E-state index in [9.17, 15) is 15.3 Å². The highest BCUT2D eigenvalue weighted by Gasteiger charge is 2.06. The van der Waals surface area contributed by atoms with Crippen LogP contribution in [0.5, 0.6) is 17.2 Å². The fourth-order valence-corrected chi connectivity index (χ4v) is 4.77. The smallest absolute Gasteiger partial charge is 0.116 e. The molecule has 5 rings (SSSR count). The molecule has 0 unspecified atom stereocenters. The van der Waals surface area contributed by atoms with E-state index < -0.39 is 0 Å². The molecule has 5 aromatic carbocycles. The van der Waals surface area contributed by atoms with Crippen molar-refractivity contribution in [1.82, 2.24) is 0 Å². The summed E-state index contributed by atoms with van der Waals surface area (Å²) in [6.07, 6.45) is 3.04. The molecule has 0 saturated carbocycles. The van der Waals surface area contributed by atoms with Crippen LogP contribution in [0.1, 0.15) is 44.5 Å². The van der Waals surface area contributed by atoms with Crippen molar-refractivity contribution in [2.75, 3.05) is 0 Å². The summed E-state index contributed by atoms with van der Waals surface area (Å²) in [7, 11) is 0. The van der Waals surface area contributed by atoms with E-state index in [-0.39, 0.29) is 17.2 Å². The zero-order valence-electron chi connectivity index (χ0n) is 20.6. The maximum absolute atomic E-state index is 10.4. The van der Waals surface area contributed by atoms with Crippen LogP contribution in [-0.4, -0.2) is 15.3 Å². The second kappa shape index (κ2) is 11.0. The molecule has 0 radical (unpaired) electrons. The Labute approximate surface area is 218 Å². The average Bonchev–Trinajstić information content (AvgIpc) is 2.86. The maximum Gasteiger partial charge on any atom is 0.116 e. The van der Waals surface area contributed by atoms with E-state index in [1.807, 2.05) is 36.4 Å². The van der Waals surface area contributed by atoms with Gasteiger partial charge in [0.2, 0.25) is 0 Å². The van der Waals surface area contributed by atoms with E-state index in [0.29, 0.717) is 0 Å². The number of rotatable bonds is 8. The van der Waals surface area contributed by atoms with Crippen LogP contribution in [0.2, 0.25) is 0 Å². The van der Waals surface area contributed by atoms with E-state index in [0.717, 1.165) is 47.9 Å². The maximum atomic E-state index is 10.4. The Balaban J connectivity index is 1.23. The average molecular weight is 487 g/mol. The molecule has 5 aromatic rings. The first-order chi connectivity index (χ1) is 18.0. The minimum Gasteiger partial charge on any atom is -0.508 e. The van der Waals surface area contributed by atoms with Crippen molar-refractivity contribution in [3.05, 3.63) is 160 Å². The second-order valence-electron chi connectivity index (χ2n) is 9.69. The molecular weight excluding hydrogens is 456 g/mol. The zero-order chi connectivity index (χ0) is 25.6. The van der Waals surface area contributed by atoms with Crippen LogP contribution < -0.4 is 0 Å². The van der Waals surface area contributed by atoms with E-state index in [1.54, 1.807) is 24.3 Å². The summed E-state index contributed by atoms with van der Waals surface area (Å²) in [5, 5.41) is 29.7. The SMILES string of the molecule is Oc1cccc(Cc2ccc(Cc3cc(O)cc(Cc4ccc(Cc5cccc(O)c5)cc4)c3)cc2)c1. The second-order valence-corrected chi connectivity index (χ2v) is 9.69. The lowest BCUT2D eigenvalue weighted by atomic mass is 9.96. The third-order valence-electron chi connectivity index (χ3n) is 6.54. The molecule has 0 amide bonds. The van der Waals surface area contributed by atoms with Gasteiger partial charge < -0.3 is 15.3 Å². The molecule has 3 nitrogen and oxygen atoms in total. The Morgan fingerprint density at radius 3 is 0.973 bits per heavy atom. The topological polar surface area (TPSA) is 60.7 Å². The van der Waals surface area contributed by atoms with Crippen molar-refractivity contribution in [3.63, 3.8) is 0 Å². The van der Waals surface area contributed by atoms with Crippen LogP contribution in [-0.2, 0) is 25.7 Å². The van der Waals surface area contributed by atoms with Crippen LogP contribution >= 0.6 is 0 Å². The Bertz CT molecular complexity index is 1370. The van der Waals surface area contributed by atoms with E-state index in [1.165, 1.54) is 22.3 Å². The van der Waals surface area contributed by atoms with Gasteiger partial charge in [0.15, 0.2) is 0 Å². The molecule has 184 valence electrons. The van der Waals surface area contributed by atoms with Crippen molar-refractivity contribution in [2.45, 2.75) is 25.7 Å². The molecule has 37 heavy (non-hydrogen) atoms. The van der Waals surface area contributed by atoms with Crippen LogP contribution in [0.25, 0.3) is 0 Å². The summed E-state index contributed by atoms with van der Waals surface area (Å²) < 4.78 is 0. The van der Waals surface area contributed by atoms with Gasteiger partial charge in [0.1, 0.15) is 17.2 Å². The number of phenols is 3. The fraction of sp³-hybridized carbons (Fsp3) is 0.118. The van der Waals surface area contributed by atoms with Gasteiger partial charge in [0.05, 0.1) is 0 Å². The molecular formula is C34H30O3. The number of hydrogen-bond acceptors (Lipinski definition) is 3. The van der Waals surface area contributed by atoms with Gasteiger partial charge >= 0.3 is 0 Å². The monoisotopic (exact) mass is 486 g/mol. The highest BCUT2D eigenvalue weighted by atomic mass is 16.3. The summed E-state index contributed by atoms with van der Waals surface area (Å²) in [4.78, 5) is 0. The lowest BCUT2D eigenvalue weighted by molar-refractivity contribution is 0.473. The van der Waals surface area contributed by atoms with E-state index >= 15 is 0 Å². The first kappa shape index (κ1) is 24.2. The molecule has 0 aliphatic heterocycles. The van der Waals surface area contributed by atoms with Crippen LogP contribution in [0, 0.1) is 0 Å². The van der Waals surface area contributed by atoms with Gasteiger partial charge in [0.25, 0.3) is 0 Å². The van der Waals surface area contributed by atoms with Crippen molar-refractivity contribution in [2.24, 2.45) is 0 Å². The quantitative estimate of drug-likeness (QED) is 0.218. The van der Waals surface area contributed by atoms with Crippen molar-refractivity contribution >= 4 is 0 Å². The largest absolute Gasteiger partial charge is 0.508 e. The number of aromatic hydroxyl groups is 3. The molecule has 3 N–H and O–H groups in total. The van der Waals surface area contributed by atoms with Crippen LogP contribution in [0.4, 0.5) is 0 Å². The Kier molecular flexibility index (Phi) is 7.23. The number of benzene rings is 5. The Hall–Kier alpha value is -4.50. The van der Waals surface area contributed by atoms with Crippen molar-refractivity contribution in [3.8, 4) is 17.2 Å². The molecule has 0 heterocycles.